The van der Waals surface area contributed by atoms with Crippen LogP contribution < -0.4 is 9.47 Å². The van der Waals surface area contributed by atoms with Gasteiger partial charge in [-0.15, -0.1) is 16.0 Å². The number of nitriles is 1. The molecular formula is C35H35F2N8O5S+. The zero-order chi connectivity index (χ0) is 36.9. The molecule has 0 aliphatic rings. The molecule has 0 aliphatic heterocycles. The van der Waals surface area contributed by atoms with Gasteiger partial charge in [-0.3, -0.25) is 14.6 Å². The second-order valence-electron chi connectivity index (χ2n) is 12.0. The molecule has 5 aromatic rings. The van der Waals surface area contributed by atoms with Crippen LogP contribution in [0.4, 0.5) is 19.4 Å². The third kappa shape index (κ3) is 8.40. The number of carbonyl (C=O) groups is 2. The van der Waals surface area contributed by atoms with Crippen LogP contribution in [-0.2, 0) is 28.2 Å². The van der Waals surface area contributed by atoms with Crippen molar-refractivity contribution < 1.29 is 37.9 Å². The van der Waals surface area contributed by atoms with Gasteiger partial charge in [-0.05, 0) is 43.4 Å². The first-order valence-electron chi connectivity index (χ1n) is 15.6. The fourth-order valence-corrected chi connectivity index (χ4v) is 6.46. The molecule has 0 saturated carbocycles. The summed E-state index contributed by atoms with van der Waals surface area (Å²) in [5, 5.41) is 37.0. The van der Waals surface area contributed by atoms with Crippen LogP contribution in [-0.4, -0.2) is 67.6 Å². The molecule has 16 heteroatoms. The summed E-state index contributed by atoms with van der Waals surface area (Å²) < 4.78 is 38.3. The highest BCUT2D eigenvalue weighted by molar-refractivity contribution is 7.10. The number of nitrogens with zero attached hydrogens (tertiary/aromatic N) is 8. The molecule has 1 unspecified atom stereocenters. The number of carboxylic acid groups (broad SMARTS) is 1. The third-order valence-corrected chi connectivity index (χ3v) is 9.34. The van der Waals surface area contributed by atoms with Crippen LogP contribution in [0.3, 0.4) is 0 Å². The van der Waals surface area contributed by atoms with Gasteiger partial charge in [0.25, 0.3) is 6.33 Å². The number of amides is 1. The van der Waals surface area contributed by atoms with Gasteiger partial charge in [-0.2, -0.15) is 9.83 Å². The number of aliphatic hydroxyl groups is 1. The Morgan fingerprint density at radius 2 is 1.90 bits per heavy atom. The number of carboxylic acids is 1. The first-order valence-corrected chi connectivity index (χ1v) is 16.5. The van der Waals surface area contributed by atoms with Crippen molar-refractivity contribution in [3.05, 3.63) is 112 Å². The predicted molar refractivity (Wildman–Crippen MR) is 181 cm³/mol. The average molecular weight is 718 g/mol. The lowest BCUT2D eigenvalue weighted by molar-refractivity contribution is -0.753. The van der Waals surface area contributed by atoms with Gasteiger partial charge in [-0.1, -0.05) is 25.1 Å². The Morgan fingerprint density at radius 1 is 1.16 bits per heavy atom. The van der Waals surface area contributed by atoms with E-state index in [1.165, 1.54) is 51.4 Å². The van der Waals surface area contributed by atoms with Gasteiger partial charge >= 0.3 is 12.1 Å². The smallest absolute Gasteiger partial charge is 0.418 e. The highest BCUT2D eigenvalue weighted by Gasteiger charge is 2.43. The van der Waals surface area contributed by atoms with Crippen molar-refractivity contribution in [1.82, 2.24) is 24.6 Å². The van der Waals surface area contributed by atoms with Gasteiger partial charge in [0.05, 0.1) is 28.9 Å². The van der Waals surface area contributed by atoms with Gasteiger partial charge in [0.15, 0.2) is 0 Å². The lowest BCUT2D eigenvalue weighted by Crippen LogP contribution is -2.42. The Labute approximate surface area is 296 Å². The molecule has 264 valence electrons. The molecule has 3 heterocycles. The van der Waals surface area contributed by atoms with Crippen molar-refractivity contribution >= 4 is 29.2 Å². The summed E-state index contributed by atoms with van der Waals surface area (Å²) in [5.74, 6) is -3.11. The molecule has 0 spiro atoms. The van der Waals surface area contributed by atoms with Crippen LogP contribution in [0.15, 0.2) is 78.8 Å². The fourth-order valence-electron chi connectivity index (χ4n) is 5.48. The minimum Gasteiger partial charge on any atom is -0.480 e. The van der Waals surface area contributed by atoms with Crippen molar-refractivity contribution in [2.75, 3.05) is 25.5 Å². The number of hydrogen-bond acceptors (Lipinski definition) is 10. The average Bonchev–Trinajstić information content (AvgIpc) is 3.79. The number of pyridine rings is 1. The van der Waals surface area contributed by atoms with E-state index >= 15 is 4.39 Å². The summed E-state index contributed by atoms with van der Waals surface area (Å²) >= 11 is 1.25. The van der Waals surface area contributed by atoms with Crippen LogP contribution in [0.2, 0.25) is 0 Å². The second-order valence-corrected chi connectivity index (χ2v) is 12.9. The van der Waals surface area contributed by atoms with Crippen LogP contribution in [0.5, 0.6) is 0 Å². The summed E-state index contributed by atoms with van der Waals surface area (Å²) in [4.78, 5) is 36.1. The molecule has 13 nitrogen and oxygen atoms in total. The van der Waals surface area contributed by atoms with E-state index < -0.39 is 41.4 Å². The Kier molecular flexibility index (Phi) is 11.1. The van der Waals surface area contributed by atoms with Gasteiger partial charge in [0, 0.05) is 59.8 Å². The summed E-state index contributed by atoms with van der Waals surface area (Å²) in [6, 6.07) is 15.2. The number of hydrogen-bond donors (Lipinski definition) is 2. The van der Waals surface area contributed by atoms with Crippen molar-refractivity contribution in [1.29, 1.82) is 5.26 Å². The van der Waals surface area contributed by atoms with E-state index in [1.54, 1.807) is 67.6 Å². The summed E-state index contributed by atoms with van der Waals surface area (Å²) in [7, 11) is 3.11. The fraction of sp³-hybridized carbons (Fsp3) is 0.286. The molecule has 3 aromatic heterocycles. The number of anilines is 1. The Hall–Kier alpha value is -5.63. The van der Waals surface area contributed by atoms with Gasteiger partial charge in [-0.25, -0.2) is 23.5 Å². The SMILES string of the molecule is CC(OC(=O)N(C)c1ncccc1CN(C)CC(=O)O)[n+]1cnn(C[C@](O)(c2cc(F)ccc2F)[C@@H](C)c2nc(-c3ccc(C#N)cc3)cs2)c1. The first-order chi connectivity index (χ1) is 24.3. The molecule has 3 atom stereocenters. The van der Waals surface area contributed by atoms with E-state index in [1.807, 2.05) is 0 Å². The second kappa shape index (κ2) is 15.5. The Balaban J connectivity index is 1.36. The van der Waals surface area contributed by atoms with E-state index in [0.29, 0.717) is 21.8 Å². The maximum absolute atomic E-state index is 15.3. The summed E-state index contributed by atoms with van der Waals surface area (Å²) in [6.07, 6.45) is 2.68. The number of halogens is 2. The quantitative estimate of drug-likeness (QED) is 0.161. The zero-order valence-electron chi connectivity index (χ0n) is 28.1. The van der Waals surface area contributed by atoms with Crippen molar-refractivity contribution in [3.8, 4) is 17.3 Å². The molecule has 2 N–H and O–H groups in total. The maximum Gasteiger partial charge on any atom is 0.418 e. The van der Waals surface area contributed by atoms with Crippen LogP contribution in [0.1, 0.15) is 47.7 Å². The highest BCUT2D eigenvalue weighted by atomic mass is 32.1. The molecule has 0 saturated heterocycles. The molecule has 0 fully saturated rings. The number of carbonyl (C=O) groups excluding carboxylic acids is 1. The number of aromatic nitrogens is 5. The largest absolute Gasteiger partial charge is 0.480 e. The van der Waals surface area contributed by atoms with E-state index in [4.69, 9.17) is 20.1 Å². The number of likely N-dealkylation sites (N-methyl/N-ethyl adjacent to an activating group) is 1. The predicted octanol–water partition coefficient (Wildman–Crippen LogP) is 4.84. The van der Waals surface area contributed by atoms with Crippen molar-refractivity contribution in [3.63, 3.8) is 0 Å². The van der Waals surface area contributed by atoms with Crippen LogP contribution in [0.25, 0.3) is 11.3 Å². The number of ether oxygens (including phenoxy) is 1. The minimum absolute atomic E-state index is 0.205. The van der Waals surface area contributed by atoms with Gasteiger partial charge < -0.3 is 14.9 Å². The lowest BCUT2D eigenvalue weighted by Gasteiger charge is -2.32. The molecule has 0 radical (unpaired) electrons. The lowest BCUT2D eigenvalue weighted by atomic mass is 9.82. The van der Waals surface area contributed by atoms with Crippen molar-refractivity contribution in [2.45, 2.75) is 44.7 Å². The standard InChI is InChI=1S/C35H34F2N8O5S/c1-22(33-41-30(18-51-33)25-9-7-24(15-38)8-10-25)35(49,28-14-27(36)11-12-29(28)37)19-45-21-44(20-40-45)23(2)50-34(48)43(4)32-26(6-5-13-39-32)16-42(3)17-31(46)47/h5-14,18,20-23,49H,16-17,19H2,1-4H3/p+1/t22-,23?,35+/m0/s1. The molecule has 0 bridgehead atoms. The van der Waals surface area contributed by atoms with E-state index in [0.717, 1.165) is 23.8 Å². The minimum atomic E-state index is -2.04. The van der Waals surface area contributed by atoms with Crippen LogP contribution >= 0.6 is 11.3 Å². The van der Waals surface area contributed by atoms with E-state index in [2.05, 4.69) is 16.2 Å². The van der Waals surface area contributed by atoms with Crippen LogP contribution in [0, 0.1) is 23.0 Å². The molecule has 51 heavy (non-hydrogen) atoms. The summed E-state index contributed by atoms with van der Waals surface area (Å²) in [5.41, 5.74) is 0.113. The van der Waals surface area contributed by atoms with Gasteiger partial charge in [0.1, 0.15) is 29.6 Å². The monoisotopic (exact) mass is 717 g/mol. The van der Waals surface area contributed by atoms with Gasteiger partial charge in [0.2, 0.25) is 12.6 Å². The van der Waals surface area contributed by atoms with E-state index in [9.17, 15) is 19.1 Å². The third-order valence-electron chi connectivity index (χ3n) is 8.31. The Bertz CT molecular complexity index is 2070. The first kappa shape index (κ1) is 36.6. The molecular weight excluding hydrogens is 682 g/mol. The molecule has 5 rings (SSSR count). The Morgan fingerprint density at radius 3 is 2.61 bits per heavy atom. The maximum atomic E-state index is 15.3. The number of benzene rings is 2. The number of aliphatic carboxylic acids is 1. The number of thiazole rings is 1. The van der Waals surface area contributed by atoms with Crippen molar-refractivity contribution in [2.24, 2.45) is 0 Å². The normalized spacial score (nSPS) is 13.6. The molecule has 0 aliphatic carbocycles. The zero-order valence-corrected chi connectivity index (χ0v) is 29.0. The highest BCUT2D eigenvalue weighted by Crippen LogP contribution is 2.41. The molecule has 2 aromatic carbocycles. The number of rotatable bonds is 13. The molecule has 1 amide bonds. The topological polar surface area (TPSA) is 162 Å². The summed E-state index contributed by atoms with van der Waals surface area (Å²) in [6.45, 7) is 2.95. The van der Waals surface area contributed by atoms with E-state index in [-0.39, 0.29) is 31.0 Å².